The number of hydrogen-bond donors (Lipinski definition) is 0. The van der Waals surface area contributed by atoms with E-state index in [1.54, 1.807) is 6.92 Å². The zero-order chi connectivity index (χ0) is 13.8. The molecular weight excluding hydrogens is 301 g/mol. The van der Waals surface area contributed by atoms with E-state index in [1.165, 1.54) is 11.3 Å². The van der Waals surface area contributed by atoms with Crippen LogP contribution in [0.25, 0.3) is 10.9 Å². The van der Waals surface area contributed by atoms with Crippen LogP contribution in [0.15, 0.2) is 20.7 Å². The third-order valence-corrected chi connectivity index (χ3v) is 3.91. The summed E-state index contributed by atoms with van der Waals surface area (Å²) in [5, 5.41) is 15.5. The molecule has 0 bridgehead atoms. The van der Waals surface area contributed by atoms with E-state index in [0.29, 0.717) is 15.2 Å². The molecule has 0 spiro atoms. The first kappa shape index (κ1) is 14.0. The molecule has 0 aliphatic carbocycles. The van der Waals surface area contributed by atoms with Crippen molar-refractivity contribution in [3.8, 4) is 10.9 Å². The smallest absolute Gasteiger partial charge is 0.301 e. The van der Waals surface area contributed by atoms with Gasteiger partial charge in [-0.1, -0.05) is 23.1 Å². The van der Waals surface area contributed by atoms with Gasteiger partial charge in [0.2, 0.25) is 10.9 Å². The van der Waals surface area contributed by atoms with E-state index in [1.807, 2.05) is 0 Å². The highest BCUT2D eigenvalue weighted by Gasteiger charge is 2.13. The summed E-state index contributed by atoms with van der Waals surface area (Å²) in [6.45, 7) is 1.65. The number of aryl methyl sites for hydroxylation is 1. The van der Waals surface area contributed by atoms with Crippen molar-refractivity contribution in [2.45, 2.75) is 17.7 Å². The zero-order valence-corrected chi connectivity index (χ0v) is 11.2. The highest BCUT2D eigenvalue weighted by atomic mass is 32.2. The number of halogens is 3. The molecular formula is C9H7F3N4OS2. The van der Waals surface area contributed by atoms with Gasteiger partial charge in [0.25, 0.3) is 5.89 Å². The Balaban J connectivity index is 1.93. The van der Waals surface area contributed by atoms with Crippen LogP contribution in [-0.4, -0.2) is 26.1 Å². The molecule has 0 fully saturated rings. The normalized spacial score (nSPS) is 10.7. The van der Waals surface area contributed by atoms with Crippen molar-refractivity contribution < 1.29 is 17.6 Å². The molecule has 0 atom stereocenters. The Kier molecular flexibility index (Phi) is 4.53. The van der Waals surface area contributed by atoms with Crippen LogP contribution in [0.5, 0.6) is 0 Å². The summed E-state index contributed by atoms with van der Waals surface area (Å²) < 4.78 is 41.9. The average molecular weight is 308 g/mol. The maximum atomic E-state index is 12.6. The van der Waals surface area contributed by atoms with E-state index in [0.717, 1.165) is 11.8 Å². The van der Waals surface area contributed by atoms with Crippen LogP contribution in [0.1, 0.15) is 12.3 Å². The molecule has 10 heteroatoms. The first-order valence-corrected chi connectivity index (χ1v) is 6.83. The minimum absolute atomic E-state index is 0.153. The van der Waals surface area contributed by atoms with Crippen molar-refractivity contribution in [3.63, 3.8) is 0 Å². The Hall–Kier alpha value is -1.42. The van der Waals surface area contributed by atoms with Crippen LogP contribution in [-0.2, 0) is 0 Å². The molecule has 5 nitrogen and oxygen atoms in total. The van der Waals surface area contributed by atoms with E-state index in [2.05, 4.69) is 20.4 Å². The Morgan fingerprint density at radius 3 is 2.63 bits per heavy atom. The summed E-state index contributed by atoms with van der Waals surface area (Å²) in [5.41, 5.74) is 0. The van der Waals surface area contributed by atoms with Gasteiger partial charge in [-0.3, -0.25) is 0 Å². The second-order valence-corrected chi connectivity index (χ2v) is 5.58. The number of hydrogen-bond acceptors (Lipinski definition) is 7. The van der Waals surface area contributed by atoms with Crippen LogP contribution < -0.4 is 0 Å². The molecule has 0 radical (unpaired) electrons. The van der Waals surface area contributed by atoms with Crippen molar-refractivity contribution in [1.29, 1.82) is 0 Å². The number of rotatable bonds is 5. The SMILES string of the molecule is Cc1nnc(-c2nnc(SCCC(F)=C(F)F)s2)o1. The van der Waals surface area contributed by atoms with E-state index in [9.17, 15) is 13.2 Å². The summed E-state index contributed by atoms with van der Waals surface area (Å²) in [5.74, 6) is -0.585. The predicted octanol–water partition coefficient (Wildman–Crippen LogP) is 3.46. The minimum Gasteiger partial charge on any atom is -0.419 e. The molecule has 0 saturated heterocycles. The van der Waals surface area contributed by atoms with Crippen molar-refractivity contribution in [2.24, 2.45) is 0 Å². The van der Waals surface area contributed by atoms with Gasteiger partial charge in [0.1, 0.15) is 0 Å². The van der Waals surface area contributed by atoms with Gasteiger partial charge in [0, 0.05) is 19.1 Å². The summed E-state index contributed by atoms with van der Waals surface area (Å²) in [6, 6.07) is 0. The molecule has 0 amide bonds. The van der Waals surface area contributed by atoms with Crippen molar-refractivity contribution in [1.82, 2.24) is 20.4 Å². The maximum absolute atomic E-state index is 12.6. The predicted molar refractivity (Wildman–Crippen MR) is 63.6 cm³/mol. The summed E-state index contributed by atoms with van der Waals surface area (Å²) >= 11 is 2.31. The summed E-state index contributed by atoms with van der Waals surface area (Å²) in [7, 11) is 0. The van der Waals surface area contributed by atoms with Gasteiger partial charge in [0.15, 0.2) is 10.2 Å². The third-order valence-electron chi connectivity index (χ3n) is 1.87. The summed E-state index contributed by atoms with van der Waals surface area (Å²) in [6.07, 6.45) is -2.62. The molecule has 0 aromatic carbocycles. The van der Waals surface area contributed by atoms with Crippen LogP contribution in [0, 0.1) is 6.92 Å². The van der Waals surface area contributed by atoms with Gasteiger partial charge >= 0.3 is 6.08 Å². The van der Waals surface area contributed by atoms with Crippen molar-refractivity contribution >= 4 is 23.1 Å². The monoisotopic (exact) mass is 308 g/mol. The van der Waals surface area contributed by atoms with E-state index in [4.69, 9.17) is 4.42 Å². The Morgan fingerprint density at radius 1 is 1.21 bits per heavy atom. The van der Waals surface area contributed by atoms with Gasteiger partial charge in [-0.15, -0.1) is 20.4 Å². The minimum atomic E-state index is -2.28. The van der Waals surface area contributed by atoms with Gasteiger partial charge in [-0.25, -0.2) is 4.39 Å². The second kappa shape index (κ2) is 6.15. The average Bonchev–Trinajstić information content (AvgIpc) is 2.97. The molecule has 0 N–H and O–H groups in total. The standard InChI is InChI=1S/C9H7F3N4OS2/c1-4-13-14-7(17-4)8-15-16-9(19-8)18-3-2-5(10)6(11)12/h2-3H2,1H3. The molecule has 0 saturated carbocycles. The van der Waals surface area contributed by atoms with E-state index < -0.39 is 11.9 Å². The molecule has 2 heterocycles. The number of nitrogens with zero attached hydrogens (tertiary/aromatic N) is 4. The van der Waals surface area contributed by atoms with Crippen LogP contribution >= 0.6 is 23.1 Å². The lowest BCUT2D eigenvalue weighted by Gasteiger charge is -1.94. The first-order chi connectivity index (χ1) is 9.06. The number of thioether (sulfide) groups is 1. The molecule has 2 aromatic rings. The maximum Gasteiger partial charge on any atom is 0.301 e. The molecule has 2 aromatic heterocycles. The molecule has 0 unspecified atom stereocenters. The first-order valence-electron chi connectivity index (χ1n) is 5.02. The topological polar surface area (TPSA) is 64.7 Å². The van der Waals surface area contributed by atoms with Crippen LogP contribution in [0.4, 0.5) is 13.2 Å². The fraction of sp³-hybridized carbons (Fsp3) is 0.333. The Labute approximate surface area is 113 Å². The third kappa shape index (κ3) is 3.77. The largest absolute Gasteiger partial charge is 0.419 e. The molecule has 2 rings (SSSR count). The van der Waals surface area contributed by atoms with Crippen molar-refractivity contribution in [2.75, 3.05) is 5.75 Å². The van der Waals surface area contributed by atoms with E-state index in [-0.39, 0.29) is 18.1 Å². The lowest BCUT2D eigenvalue weighted by molar-refractivity contribution is 0.373. The molecule has 0 aliphatic heterocycles. The Bertz CT molecular complexity index is 594. The van der Waals surface area contributed by atoms with Gasteiger partial charge < -0.3 is 4.42 Å². The van der Waals surface area contributed by atoms with Crippen LogP contribution in [0.3, 0.4) is 0 Å². The molecule has 19 heavy (non-hydrogen) atoms. The highest BCUT2D eigenvalue weighted by molar-refractivity contribution is 8.01. The quantitative estimate of drug-likeness (QED) is 0.788. The van der Waals surface area contributed by atoms with E-state index >= 15 is 0 Å². The zero-order valence-electron chi connectivity index (χ0n) is 9.56. The Morgan fingerprint density at radius 2 is 2.00 bits per heavy atom. The fourth-order valence-corrected chi connectivity index (χ4v) is 2.84. The fourth-order valence-electron chi connectivity index (χ4n) is 1.06. The number of allylic oxidation sites excluding steroid dienone is 1. The lowest BCUT2D eigenvalue weighted by atomic mass is 10.4. The molecule has 0 aliphatic rings. The van der Waals surface area contributed by atoms with Gasteiger partial charge in [-0.2, -0.15) is 8.78 Å². The van der Waals surface area contributed by atoms with Gasteiger partial charge in [-0.05, 0) is 0 Å². The van der Waals surface area contributed by atoms with Crippen LogP contribution in [0.2, 0.25) is 0 Å². The van der Waals surface area contributed by atoms with Crippen molar-refractivity contribution in [3.05, 3.63) is 17.8 Å². The second-order valence-electron chi connectivity index (χ2n) is 3.26. The highest BCUT2D eigenvalue weighted by Crippen LogP contribution is 2.29. The summed E-state index contributed by atoms with van der Waals surface area (Å²) in [4.78, 5) is 0. The number of aromatic nitrogens is 4. The van der Waals surface area contributed by atoms with Gasteiger partial charge in [0.05, 0.1) is 0 Å². The lowest BCUT2D eigenvalue weighted by Crippen LogP contribution is -1.82. The molecule has 102 valence electrons.